The summed E-state index contributed by atoms with van der Waals surface area (Å²) in [6.07, 6.45) is 1.55. The topological polar surface area (TPSA) is 81.0 Å². The van der Waals surface area contributed by atoms with E-state index in [1.54, 1.807) is 25.4 Å². The lowest BCUT2D eigenvalue weighted by atomic mass is 10.1. The molecule has 0 aliphatic carbocycles. The minimum Gasteiger partial charge on any atom is -0.462 e. The highest BCUT2D eigenvalue weighted by Crippen LogP contribution is 2.19. The normalized spacial score (nSPS) is 10.5. The second-order valence-corrected chi connectivity index (χ2v) is 3.08. The van der Waals surface area contributed by atoms with E-state index in [9.17, 15) is 4.79 Å². The van der Waals surface area contributed by atoms with E-state index in [2.05, 4.69) is 9.97 Å². The van der Waals surface area contributed by atoms with Gasteiger partial charge in [-0.1, -0.05) is 0 Å². The van der Waals surface area contributed by atoms with Gasteiger partial charge in [-0.2, -0.15) is 0 Å². The number of carbonyl (C=O) groups is 1. The van der Waals surface area contributed by atoms with Gasteiger partial charge in [0.2, 0.25) is 0 Å². The van der Waals surface area contributed by atoms with Gasteiger partial charge in [0.1, 0.15) is 0 Å². The van der Waals surface area contributed by atoms with Gasteiger partial charge in [-0.25, -0.2) is 9.78 Å². The fourth-order valence-corrected chi connectivity index (χ4v) is 1.38. The summed E-state index contributed by atoms with van der Waals surface area (Å²) < 4.78 is 4.88. The molecule has 0 spiro atoms. The molecule has 0 unspecified atom stereocenters. The summed E-state index contributed by atoms with van der Waals surface area (Å²) in [6, 6.07) is 3.30. The quantitative estimate of drug-likeness (QED) is 0.572. The van der Waals surface area contributed by atoms with E-state index in [1.165, 1.54) is 0 Å². The first-order chi connectivity index (χ1) is 7.22. The fourth-order valence-electron chi connectivity index (χ4n) is 1.38. The Hall–Kier alpha value is -2.04. The molecular weight excluding hydrogens is 194 g/mol. The van der Waals surface area contributed by atoms with Crippen molar-refractivity contribution >= 4 is 22.7 Å². The lowest BCUT2D eigenvalue weighted by Gasteiger charge is -2.04. The Labute approximate surface area is 86.3 Å². The molecule has 5 heteroatoms. The van der Waals surface area contributed by atoms with Crippen LogP contribution in [-0.4, -0.2) is 22.5 Å². The number of esters is 1. The lowest BCUT2D eigenvalue weighted by Crippen LogP contribution is -2.07. The number of benzene rings is 1. The molecule has 0 saturated carbocycles. The summed E-state index contributed by atoms with van der Waals surface area (Å²) >= 11 is 0. The minimum absolute atomic E-state index is 0.333. The number of ether oxygens (including phenoxy) is 1. The number of fused-ring (bicyclic) bond motifs is 1. The highest BCUT2D eigenvalue weighted by Gasteiger charge is 2.12. The van der Waals surface area contributed by atoms with Gasteiger partial charge in [0.05, 0.1) is 29.5 Å². The Kier molecular flexibility index (Phi) is 2.29. The number of rotatable bonds is 2. The first-order valence-electron chi connectivity index (χ1n) is 4.62. The van der Waals surface area contributed by atoms with E-state index in [0.717, 1.165) is 11.0 Å². The SMILES string of the molecule is CCOC(=O)c1cc2[nH]cnc2cc1N. The average molecular weight is 205 g/mol. The summed E-state index contributed by atoms with van der Waals surface area (Å²) in [6.45, 7) is 2.09. The van der Waals surface area contributed by atoms with Gasteiger partial charge in [-0.05, 0) is 19.1 Å². The van der Waals surface area contributed by atoms with Gasteiger partial charge in [-0.3, -0.25) is 0 Å². The number of carbonyl (C=O) groups excluding carboxylic acids is 1. The zero-order valence-electron chi connectivity index (χ0n) is 8.28. The van der Waals surface area contributed by atoms with E-state index >= 15 is 0 Å². The van der Waals surface area contributed by atoms with Gasteiger partial charge < -0.3 is 15.5 Å². The van der Waals surface area contributed by atoms with Gasteiger partial charge in [0.15, 0.2) is 0 Å². The highest BCUT2D eigenvalue weighted by molar-refractivity contribution is 5.99. The number of aromatic nitrogens is 2. The fraction of sp³-hybridized carbons (Fsp3) is 0.200. The zero-order valence-corrected chi connectivity index (χ0v) is 8.28. The van der Waals surface area contributed by atoms with Crippen molar-refractivity contribution in [1.82, 2.24) is 9.97 Å². The van der Waals surface area contributed by atoms with Gasteiger partial charge in [0, 0.05) is 5.69 Å². The number of nitrogens with zero attached hydrogens (tertiary/aromatic N) is 1. The molecule has 2 aromatic rings. The standard InChI is InChI=1S/C10H11N3O2/c1-2-15-10(14)6-3-8-9(4-7(6)11)13-5-12-8/h3-5H,2,11H2,1H3,(H,12,13). The molecule has 2 rings (SSSR count). The number of nitrogens with two attached hydrogens (primary N) is 1. The van der Waals surface area contributed by atoms with Crippen LogP contribution in [0.3, 0.4) is 0 Å². The van der Waals surface area contributed by atoms with Crippen LogP contribution in [0.4, 0.5) is 5.69 Å². The third-order valence-electron chi connectivity index (χ3n) is 2.09. The van der Waals surface area contributed by atoms with E-state index in [0.29, 0.717) is 17.9 Å². The first-order valence-corrected chi connectivity index (χ1v) is 4.62. The molecule has 0 aliphatic heterocycles. The van der Waals surface area contributed by atoms with Gasteiger partial charge in [0.25, 0.3) is 0 Å². The number of H-pyrrole nitrogens is 1. The molecule has 0 radical (unpaired) electrons. The van der Waals surface area contributed by atoms with E-state index in [-0.39, 0.29) is 0 Å². The van der Waals surface area contributed by atoms with Crippen LogP contribution in [0.25, 0.3) is 11.0 Å². The number of anilines is 1. The Balaban J connectivity index is 2.50. The second-order valence-electron chi connectivity index (χ2n) is 3.08. The predicted molar refractivity (Wildman–Crippen MR) is 56.5 cm³/mol. The average Bonchev–Trinajstić information content (AvgIpc) is 2.63. The van der Waals surface area contributed by atoms with Gasteiger partial charge in [-0.15, -0.1) is 0 Å². The number of nitrogens with one attached hydrogen (secondary N) is 1. The molecule has 0 bridgehead atoms. The molecule has 1 heterocycles. The smallest absolute Gasteiger partial charge is 0.340 e. The molecular formula is C10H11N3O2. The molecule has 3 N–H and O–H groups in total. The maximum atomic E-state index is 11.5. The summed E-state index contributed by atoms with van der Waals surface area (Å²) in [4.78, 5) is 18.4. The van der Waals surface area contributed by atoms with Crippen LogP contribution < -0.4 is 5.73 Å². The van der Waals surface area contributed by atoms with Crippen LogP contribution in [0.2, 0.25) is 0 Å². The Morgan fingerprint density at radius 3 is 3.13 bits per heavy atom. The van der Waals surface area contributed by atoms with E-state index in [4.69, 9.17) is 10.5 Å². The largest absolute Gasteiger partial charge is 0.462 e. The number of hydrogen-bond donors (Lipinski definition) is 2. The van der Waals surface area contributed by atoms with E-state index < -0.39 is 5.97 Å². The molecule has 78 valence electrons. The van der Waals surface area contributed by atoms with Crippen molar-refractivity contribution in [2.45, 2.75) is 6.92 Å². The maximum Gasteiger partial charge on any atom is 0.340 e. The van der Waals surface area contributed by atoms with Crippen molar-refractivity contribution in [3.8, 4) is 0 Å². The molecule has 0 aliphatic rings. The third-order valence-corrected chi connectivity index (χ3v) is 2.09. The molecule has 1 aromatic heterocycles. The highest BCUT2D eigenvalue weighted by atomic mass is 16.5. The summed E-state index contributed by atoms with van der Waals surface area (Å²) in [5.41, 5.74) is 7.98. The third kappa shape index (κ3) is 1.63. The molecule has 5 nitrogen and oxygen atoms in total. The number of hydrogen-bond acceptors (Lipinski definition) is 4. The second kappa shape index (κ2) is 3.61. The molecule has 1 aromatic carbocycles. The van der Waals surface area contributed by atoms with E-state index in [1.807, 2.05) is 0 Å². The first kappa shape index (κ1) is 9.51. The molecule has 0 atom stereocenters. The molecule has 0 saturated heterocycles. The van der Waals surface area contributed by atoms with Crippen LogP contribution >= 0.6 is 0 Å². The van der Waals surface area contributed by atoms with Crippen molar-refractivity contribution < 1.29 is 9.53 Å². The number of nitrogen functional groups attached to an aromatic ring is 1. The zero-order chi connectivity index (χ0) is 10.8. The van der Waals surface area contributed by atoms with Crippen molar-refractivity contribution in [2.75, 3.05) is 12.3 Å². The minimum atomic E-state index is -0.411. The van der Waals surface area contributed by atoms with Crippen LogP contribution in [0.1, 0.15) is 17.3 Å². The Morgan fingerprint density at radius 1 is 1.60 bits per heavy atom. The predicted octanol–water partition coefficient (Wildman–Crippen LogP) is 1.32. The molecule has 15 heavy (non-hydrogen) atoms. The monoisotopic (exact) mass is 205 g/mol. The summed E-state index contributed by atoms with van der Waals surface area (Å²) in [7, 11) is 0. The van der Waals surface area contributed by atoms with Crippen LogP contribution in [0.15, 0.2) is 18.5 Å². The van der Waals surface area contributed by atoms with Crippen LogP contribution in [0, 0.1) is 0 Å². The Morgan fingerprint density at radius 2 is 2.40 bits per heavy atom. The lowest BCUT2D eigenvalue weighted by molar-refractivity contribution is 0.0528. The maximum absolute atomic E-state index is 11.5. The summed E-state index contributed by atoms with van der Waals surface area (Å²) in [5, 5.41) is 0. The summed E-state index contributed by atoms with van der Waals surface area (Å²) in [5.74, 6) is -0.411. The van der Waals surface area contributed by atoms with Crippen LogP contribution in [-0.2, 0) is 4.74 Å². The van der Waals surface area contributed by atoms with Crippen molar-refractivity contribution in [2.24, 2.45) is 0 Å². The van der Waals surface area contributed by atoms with Crippen molar-refractivity contribution in [3.63, 3.8) is 0 Å². The molecule has 0 fully saturated rings. The molecule has 0 amide bonds. The van der Waals surface area contributed by atoms with Gasteiger partial charge >= 0.3 is 5.97 Å². The van der Waals surface area contributed by atoms with Crippen LogP contribution in [0.5, 0.6) is 0 Å². The van der Waals surface area contributed by atoms with Crippen molar-refractivity contribution in [1.29, 1.82) is 0 Å². The van der Waals surface area contributed by atoms with Crippen molar-refractivity contribution in [3.05, 3.63) is 24.0 Å². The Bertz CT molecular complexity index is 504. The number of aromatic amines is 1. The number of imidazole rings is 1.